The first kappa shape index (κ1) is 40.5. The standard InChI is InChI=1S/C44H42N4O7S2/c1-4-37(42(52)47-43-39(44(53)54-3)35-22-23-48(28(2)49)26-38(35)57-43)56-34-17-11-16-32(25-34)45-41(51)36(46-40(50)31-14-9-6-10-15-31)24-29-18-20-33(21-19-29)55-27-30-12-7-5-8-13-30/h5-21,24-25,37H,4,22-23,26-27H2,1-3H3,(H,45,51)(H,46,50)(H,47,52)/b36-24-. The highest BCUT2D eigenvalue weighted by Crippen LogP contribution is 2.38. The number of ether oxygens (including phenoxy) is 2. The average Bonchev–Trinajstić information content (AvgIpc) is 3.59. The number of esters is 1. The average molecular weight is 803 g/mol. The Hall–Kier alpha value is -6.18. The molecule has 4 amide bonds. The Morgan fingerprint density at radius 2 is 1.61 bits per heavy atom. The van der Waals surface area contributed by atoms with E-state index < -0.39 is 23.0 Å². The van der Waals surface area contributed by atoms with Crippen molar-refractivity contribution in [3.8, 4) is 5.75 Å². The van der Waals surface area contributed by atoms with Gasteiger partial charge in [0.05, 0.1) is 24.5 Å². The number of benzene rings is 4. The van der Waals surface area contributed by atoms with Crippen LogP contribution in [0.3, 0.4) is 0 Å². The molecule has 1 atom stereocenters. The molecule has 57 heavy (non-hydrogen) atoms. The Bertz CT molecular complexity index is 2280. The monoisotopic (exact) mass is 802 g/mol. The second-order valence-electron chi connectivity index (χ2n) is 13.1. The molecular weight excluding hydrogens is 761 g/mol. The van der Waals surface area contributed by atoms with Crippen LogP contribution in [0.25, 0.3) is 6.08 Å². The lowest BCUT2D eigenvalue weighted by Crippen LogP contribution is -2.34. The number of methoxy groups -OCH3 is 1. The fourth-order valence-corrected chi connectivity index (χ4v) is 8.38. The van der Waals surface area contributed by atoms with Crippen LogP contribution >= 0.6 is 23.1 Å². The van der Waals surface area contributed by atoms with Crippen molar-refractivity contribution in [3.63, 3.8) is 0 Å². The highest BCUT2D eigenvalue weighted by molar-refractivity contribution is 8.00. The van der Waals surface area contributed by atoms with Crippen molar-refractivity contribution < 1.29 is 33.4 Å². The molecule has 3 N–H and O–H groups in total. The summed E-state index contributed by atoms with van der Waals surface area (Å²) in [5.74, 6) is -1.23. The number of hydrogen-bond acceptors (Lipinski definition) is 9. The van der Waals surface area contributed by atoms with Gasteiger partial charge in [0.1, 0.15) is 23.1 Å². The summed E-state index contributed by atoms with van der Waals surface area (Å²) in [5.41, 5.74) is 3.70. The van der Waals surface area contributed by atoms with Gasteiger partial charge in [-0.1, -0.05) is 73.7 Å². The van der Waals surface area contributed by atoms with E-state index in [2.05, 4.69) is 16.0 Å². The number of fused-ring (bicyclic) bond motifs is 1. The lowest BCUT2D eigenvalue weighted by atomic mass is 10.0. The van der Waals surface area contributed by atoms with Crippen LogP contribution in [0.15, 0.2) is 120 Å². The lowest BCUT2D eigenvalue weighted by Gasteiger charge is -2.25. The van der Waals surface area contributed by atoms with Gasteiger partial charge >= 0.3 is 5.97 Å². The highest BCUT2D eigenvalue weighted by Gasteiger charge is 2.31. The minimum Gasteiger partial charge on any atom is -0.489 e. The third-order valence-electron chi connectivity index (χ3n) is 9.13. The third-order valence-corrected chi connectivity index (χ3v) is 11.6. The number of hydrogen-bond donors (Lipinski definition) is 3. The van der Waals surface area contributed by atoms with Gasteiger partial charge in [-0.3, -0.25) is 19.2 Å². The van der Waals surface area contributed by atoms with Crippen LogP contribution < -0.4 is 20.7 Å². The van der Waals surface area contributed by atoms with Crippen molar-refractivity contribution in [2.45, 2.75) is 50.0 Å². The van der Waals surface area contributed by atoms with E-state index in [1.54, 1.807) is 83.8 Å². The molecule has 11 nitrogen and oxygen atoms in total. The van der Waals surface area contributed by atoms with Gasteiger partial charge in [0, 0.05) is 34.5 Å². The van der Waals surface area contributed by atoms with Gasteiger partial charge < -0.3 is 30.3 Å². The van der Waals surface area contributed by atoms with Crippen LogP contribution in [0.2, 0.25) is 0 Å². The number of nitrogens with one attached hydrogen (secondary N) is 3. The zero-order valence-corrected chi connectivity index (χ0v) is 33.3. The molecule has 1 aliphatic rings. The summed E-state index contributed by atoms with van der Waals surface area (Å²) in [6, 6.07) is 32.7. The first-order valence-corrected chi connectivity index (χ1v) is 20.0. The topological polar surface area (TPSA) is 143 Å². The third kappa shape index (κ3) is 10.6. The first-order chi connectivity index (χ1) is 27.6. The summed E-state index contributed by atoms with van der Waals surface area (Å²) in [5, 5.41) is 8.48. The molecule has 13 heteroatoms. The fourth-order valence-electron chi connectivity index (χ4n) is 6.11. The van der Waals surface area contributed by atoms with Crippen LogP contribution in [0.1, 0.15) is 62.6 Å². The number of amides is 4. The van der Waals surface area contributed by atoms with Gasteiger partial charge in [0.25, 0.3) is 11.8 Å². The molecule has 0 radical (unpaired) electrons. The SMILES string of the molecule is CCC(Sc1cccc(NC(=O)/C(=C/c2ccc(OCc3ccccc3)cc2)NC(=O)c2ccccc2)c1)C(=O)Nc1sc2c(c1C(=O)OC)CCN(C(C)=O)C2. The summed E-state index contributed by atoms with van der Waals surface area (Å²) in [6.07, 6.45) is 2.55. The summed E-state index contributed by atoms with van der Waals surface area (Å²) in [4.78, 5) is 68.9. The maximum Gasteiger partial charge on any atom is 0.341 e. The van der Waals surface area contributed by atoms with Crippen molar-refractivity contribution in [1.29, 1.82) is 0 Å². The zero-order valence-electron chi connectivity index (χ0n) is 31.7. The second-order valence-corrected chi connectivity index (χ2v) is 15.5. The molecule has 0 aliphatic carbocycles. The molecular formula is C44H42N4O7S2. The van der Waals surface area contributed by atoms with Crippen LogP contribution in [0.4, 0.5) is 10.7 Å². The minimum atomic E-state index is -0.547. The molecule has 1 unspecified atom stereocenters. The number of carbonyl (C=O) groups excluding carboxylic acids is 5. The van der Waals surface area contributed by atoms with E-state index in [0.29, 0.717) is 65.7 Å². The molecule has 5 aromatic rings. The summed E-state index contributed by atoms with van der Waals surface area (Å²) in [6.45, 7) is 4.65. The quantitative estimate of drug-likeness (QED) is 0.0584. The number of thioether (sulfide) groups is 1. The fraction of sp³-hybridized carbons (Fsp3) is 0.205. The predicted molar refractivity (Wildman–Crippen MR) is 223 cm³/mol. The van der Waals surface area contributed by atoms with Crippen molar-refractivity contribution in [1.82, 2.24) is 10.2 Å². The smallest absolute Gasteiger partial charge is 0.341 e. The summed E-state index contributed by atoms with van der Waals surface area (Å²) in [7, 11) is 1.30. The van der Waals surface area contributed by atoms with E-state index in [0.717, 1.165) is 20.9 Å². The van der Waals surface area contributed by atoms with Gasteiger partial charge in [0.15, 0.2) is 0 Å². The Labute approximate surface area is 339 Å². The Kier molecular flexibility index (Phi) is 13.6. The lowest BCUT2D eigenvalue weighted by molar-refractivity contribution is -0.129. The predicted octanol–water partition coefficient (Wildman–Crippen LogP) is 7.94. The summed E-state index contributed by atoms with van der Waals surface area (Å²) < 4.78 is 11.0. The van der Waals surface area contributed by atoms with Gasteiger partial charge in [0.2, 0.25) is 11.8 Å². The number of rotatable bonds is 14. The van der Waals surface area contributed by atoms with Gasteiger partial charge in [-0.15, -0.1) is 23.1 Å². The highest BCUT2D eigenvalue weighted by atomic mass is 32.2. The van der Waals surface area contributed by atoms with Gasteiger partial charge in [-0.2, -0.15) is 0 Å². The maximum absolute atomic E-state index is 13.8. The number of anilines is 2. The van der Waals surface area contributed by atoms with Crippen LogP contribution in [0, 0.1) is 0 Å². The van der Waals surface area contributed by atoms with Crippen molar-refractivity contribution in [2.75, 3.05) is 24.3 Å². The molecule has 2 heterocycles. The van der Waals surface area contributed by atoms with E-state index in [9.17, 15) is 24.0 Å². The van der Waals surface area contributed by atoms with Gasteiger partial charge in [-0.05, 0) is 78.1 Å². The van der Waals surface area contributed by atoms with E-state index in [1.807, 2.05) is 43.3 Å². The van der Waals surface area contributed by atoms with Crippen molar-refractivity contribution in [3.05, 3.63) is 148 Å². The Morgan fingerprint density at radius 1 is 0.895 bits per heavy atom. The molecule has 0 saturated carbocycles. The molecule has 6 rings (SSSR count). The Morgan fingerprint density at radius 3 is 2.30 bits per heavy atom. The van der Waals surface area contributed by atoms with Crippen LogP contribution in [-0.2, 0) is 38.7 Å². The molecule has 4 aromatic carbocycles. The molecule has 0 spiro atoms. The molecule has 1 aliphatic heterocycles. The second kappa shape index (κ2) is 19.1. The van der Waals surface area contributed by atoms with E-state index in [-0.39, 0.29) is 17.5 Å². The maximum atomic E-state index is 13.8. The van der Waals surface area contributed by atoms with E-state index in [1.165, 1.54) is 37.1 Å². The minimum absolute atomic E-state index is 0.0251. The van der Waals surface area contributed by atoms with Crippen LogP contribution in [-0.4, -0.2) is 53.4 Å². The zero-order chi connectivity index (χ0) is 40.3. The molecule has 0 bridgehead atoms. The first-order valence-electron chi connectivity index (χ1n) is 18.3. The molecule has 292 valence electrons. The van der Waals surface area contributed by atoms with Gasteiger partial charge in [-0.25, -0.2) is 4.79 Å². The number of thiophene rings is 1. The largest absolute Gasteiger partial charge is 0.489 e. The normalized spacial score (nSPS) is 12.8. The summed E-state index contributed by atoms with van der Waals surface area (Å²) >= 11 is 2.60. The molecule has 0 saturated heterocycles. The van der Waals surface area contributed by atoms with E-state index >= 15 is 0 Å². The number of carbonyl (C=O) groups is 5. The Balaban J connectivity index is 1.16. The molecule has 0 fully saturated rings. The van der Waals surface area contributed by atoms with E-state index in [4.69, 9.17) is 9.47 Å². The van der Waals surface area contributed by atoms with Crippen molar-refractivity contribution >= 4 is 69.5 Å². The van der Waals surface area contributed by atoms with Crippen molar-refractivity contribution in [2.24, 2.45) is 0 Å². The number of nitrogens with zero attached hydrogens (tertiary/aromatic N) is 1. The van der Waals surface area contributed by atoms with Crippen LogP contribution in [0.5, 0.6) is 5.75 Å². The molecule has 1 aromatic heterocycles.